The highest BCUT2D eigenvalue weighted by atomic mass is 16.6. The highest BCUT2D eigenvalue weighted by Crippen LogP contribution is 2.17. The van der Waals surface area contributed by atoms with E-state index in [1.807, 2.05) is 44.2 Å². The molecular formula is C26H33BN4O7. The predicted molar refractivity (Wildman–Crippen MR) is 139 cm³/mol. The minimum absolute atomic E-state index is 0.0235. The van der Waals surface area contributed by atoms with Crippen molar-refractivity contribution in [3.05, 3.63) is 54.2 Å². The Balaban J connectivity index is 1.76. The van der Waals surface area contributed by atoms with Gasteiger partial charge in [-0.3, -0.25) is 24.1 Å². The Morgan fingerprint density at radius 1 is 1.00 bits per heavy atom. The first-order chi connectivity index (χ1) is 18.0. The van der Waals surface area contributed by atoms with Gasteiger partial charge >= 0.3 is 19.1 Å². The monoisotopic (exact) mass is 524 g/mol. The SMILES string of the molecule is CC(C)C[C@H](NC(=O)[C@@H](NC(=O)c1cccc(-c2ccccc2)n1)[C@@H](C)O)B1OC(=O)CN(C)CC(=O)O1. The van der Waals surface area contributed by atoms with Crippen molar-refractivity contribution in [2.75, 3.05) is 20.1 Å². The number of pyridine rings is 1. The molecule has 202 valence electrons. The van der Waals surface area contributed by atoms with Crippen molar-refractivity contribution >= 4 is 30.9 Å². The number of amides is 2. The average molecular weight is 524 g/mol. The summed E-state index contributed by atoms with van der Waals surface area (Å²) in [6.07, 6.45) is -0.972. The number of nitrogens with zero attached hydrogens (tertiary/aromatic N) is 2. The molecule has 11 nitrogen and oxygen atoms in total. The number of carbonyl (C=O) groups excluding carboxylic acids is 4. The Hall–Kier alpha value is -3.77. The molecule has 1 aromatic heterocycles. The van der Waals surface area contributed by atoms with Crippen LogP contribution in [0.2, 0.25) is 0 Å². The summed E-state index contributed by atoms with van der Waals surface area (Å²) >= 11 is 0. The van der Waals surface area contributed by atoms with Crippen molar-refractivity contribution < 1.29 is 33.6 Å². The second-order valence-corrected chi connectivity index (χ2v) is 9.73. The van der Waals surface area contributed by atoms with Crippen LogP contribution in [0.4, 0.5) is 0 Å². The van der Waals surface area contributed by atoms with Crippen LogP contribution in [0.3, 0.4) is 0 Å². The Bertz CT molecular complexity index is 1130. The topological polar surface area (TPSA) is 147 Å². The van der Waals surface area contributed by atoms with Crippen LogP contribution in [-0.4, -0.2) is 84.1 Å². The lowest BCUT2D eigenvalue weighted by atomic mass is 9.73. The van der Waals surface area contributed by atoms with Crippen LogP contribution >= 0.6 is 0 Å². The summed E-state index contributed by atoms with van der Waals surface area (Å²) in [6.45, 7) is 4.91. The van der Waals surface area contributed by atoms with Crippen molar-refractivity contribution in [3.8, 4) is 11.3 Å². The molecule has 3 atom stereocenters. The van der Waals surface area contributed by atoms with Gasteiger partial charge < -0.3 is 25.0 Å². The van der Waals surface area contributed by atoms with Crippen LogP contribution in [0, 0.1) is 5.92 Å². The summed E-state index contributed by atoms with van der Waals surface area (Å²) in [5, 5.41) is 15.6. The summed E-state index contributed by atoms with van der Waals surface area (Å²) < 4.78 is 10.7. The average Bonchev–Trinajstić information content (AvgIpc) is 2.85. The molecule has 2 aromatic rings. The van der Waals surface area contributed by atoms with Crippen molar-refractivity contribution in [1.29, 1.82) is 0 Å². The number of carbonyl (C=O) groups is 4. The van der Waals surface area contributed by atoms with E-state index in [-0.39, 0.29) is 24.7 Å². The third kappa shape index (κ3) is 8.12. The number of nitrogens with one attached hydrogen (secondary N) is 2. The zero-order valence-electron chi connectivity index (χ0n) is 21.9. The Labute approximate surface area is 222 Å². The maximum absolute atomic E-state index is 13.2. The van der Waals surface area contributed by atoms with E-state index in [4.69, 9.17) is 9.31 Å². The number of aliphatic hydroxyl groups excluding tert-OH is 1. The quantitative estimate of drug-likeness (QED) is 0.406. The third-order valence-corrected chi connectivity index (χ3v) is 5.78. The van der Waals surface area contributed by atoms with E-state index in [0.717, 1.165) is 5.56 Å². The highest BCUT2D eigenvalue weighted by Gasteiger charge is 2.42. The predicted octanol–water partition coefficient (Wildman–Crippen LogP) is 0.818. The number of likely N-dealkylation sites (N-methyl/N-ethyl adjacent to an activating group) is 1. The van der Waals surface area contributed by atoms with Gasteiger partial charge in [-0.15, -0.1) is 0 Å². The first kappa shape index (κ1) is 28.8. The summed E-state index contributed by atoms with van der Waals surface area (Å²) in [6, 6.07) is 12.9. The van der Waals surface area contributed by atoms with Gasteiger partial charge in [0.05, 0.1) is 30.8 Å². The minimum Gasteiger partial charge on any atom is -0.497 e. The van der Waals surface area contributed by atoms with Crippen LogP contribution in [0.5, 0.6) is 0 Å². The lowest BCUT2D eigenvalue weighted by Gasteiger charge is -2.30. The maximum Gasteiger partial charge on any atom is 0.622 e. The number of hydrogen-bond acceptors (Lipinski definition) is 9. The Morgan fingerprint density at radius 2 is 1.63 bits per heavy atom. The summed E-state index contributed by atoms with van der Waals surface area (Å²) in [4.78, 5) is 56.6. The standard InChI is InChI=1S/C26H33BN4O7/c1-16(2)13-21(27-37-22(33)14-31(4)15-23(34)38-27)29-26(36)24(17(3)32)30-25(35)20-12-8-11-19(28-20)18-9-6-5-7-10-18/h5-12,16-17,21,24,32H,13-15H2,1-4H3,(H,29,36)(H,30,35)/t17-,21+,24+/m1/s1. The van der Waals surface area contributed by atoms with Crippen molar-refractivity contribution in [1.82, 2.24) is 20.5 Å². The van der Waals surface area contributed by atoms with Crippen molar-refractivity contribution in [2.24, 2.45) is 5.92 Å². The molecule has 12 heteroatoms. The second-order valence-electron chi connectivity index (χ2n) is 9.73. The third-order valence-electron chi connectivity index (χ3n) is 5.78. The van der Waals surface area contributed by atoms with Gasteiger partial charge in [-0.2, -0.15) is 0 Å². The van der Waals surface area contributed by atoms with Gasteiger partial charge in [-0.05, 0) is 38.4 Å². The molecule has 0 saturated carbocycles. The van der Waals surface area contributed by atoms with Crippen LogP contribution in [-0.2, 0) is 23.7 Å². The van der Waals surface area contributed by atoms with E-state index in [9.17, 15) is 24.3 Å². The van der Waals surface area contributed by atoms with Crippen LogP contribution in [0.15, 0.2) is 48.5 Å². The summed E-state index contributed by atoms with van der Waals surface area (Å²) in [5.74, 6) is -3.50. The number of benzene rings is 1. The van der Waals surface area contributed by atoms with Crippen molar-refractivity contribution in [3.63, 3.8) is 0 Å². The van der Waals surface area contributed by atoms with Gasteiger partial charge in [0.15, 0.2) is 0 Å². The molecule has 0 radical (unpaired) electrons. The van der Waals surface area contributed by atoms with Gasteiger partial charge in [0.25, 0.3) is 5.91 Å². The lowest BCUT2D eigenvalue weighted by Crippen LogP contribution is -2.59. The van der Waals surface area contributed by atoms with E-state index >= 15 is 0 Å². The molecule has 1 aliphatic rings. The fourth-order valence-corrected chi connectivity index (χ4v) is 3.99. The minimum atomic E-state index is -1.36. The van der Waals surface area contributed by atoms with E-state index in [2.05, 4.69) is 15.6 Å². The van der Waals surface area contributed by atoms with Gasteiger partial charge in [0, 0.05) is 5.56 Å². The zero-order valence-corrected chi connectivity index (χ0v) is 21.9. The Kier molecular flexibility index (Phi) is 9.97. The fourth-order valence-electron chi connectivity index (χ4n) is 3.99. The van der Waals surface area contributed by atoms with E-state index < -0.39 is 49.0 Å². The fraction of sp³-hybridized carbons (Fsp3) is 0.423. The molecule has 0 aliphatic carbocycles. The number of rotatable bonds is 9. The van der Waals surface area contributed by atoms with E-state index in [0.29, 0.717) is 12.1 Å². The molecule has 3 N–H and O–H groups in total. The number of aromatic nitrogens is 1. The molecule has 38 heavy (non-hydrogen) atoms. The molecule has 0 spiro atoms. The molecule has 0 bridgehead atoms. The normalized spacial score (nSPS) is 16.9. The molecule has 1 aliphatic heterocycles. The molecule has 3 rings (SSSR count). The summed E-state index contributed by atoms with van der Waals surface area (Å²) in [5.41, 5.74) is 1.46. The molecule has 2 amide bonds. The maximum atomic E-state index is 13.2. The second kappa shape index (κ2) is 13.2. The first-order valence-corrected chi connectivity index (χ1v) is 12.4. The number of aliphatic hydroxyl groups is 1. The molecule has 2 heterocycles. The smallest absolute Gasteiger partial charge is 0.497 e. The summed E-state index contributed by atoms with van der Waals surface area (Å²) in [7, 11) is 0.223. The van der Waals surface area contributed by atoms with Gasteiger partial charge in [-0.25, -0.2) is 4.98 Å². The highest BCUT2D eigenvalue weighted by molar-refractivity contribution is 6.51. The van der Waals surface area contributed by atoms with Crippen LogP contribution in [0.25, 0.3) is 11.3 Å². The van der Waals surface area contributed by atoms with Crippen LogP contribution < -0.4 is 10.6 Å². The van der Waals surface area contributed by atoms with Gasteiger partial charge in [0.1, 0.15) is 11.7 Å². The largest absolute Gasteiger partial charge is 0.622 e. The zero-order chi connectivity index (χ0) is 27.8. The molecule has 1 fully saturated rings. The molecule has 1 aromatic carbocycles. The molecular weight excluding hydrogens is 491 g/mol. The van der Waals surface area contributed by atoms with Crippen molar-refractivity contribution in [2.45, 2.75) is 45.3 Å². The van der Waals surface area contributed by atoms with Gasteiger partial charge in [0.2, 0.25) is 5.91 Å². The first-order valence-electron chi connectivity index (χ1n) is 12.4. The number of hydrogen-bond donors (Lipinski definition) is 3. The Morgan fingerprint density at radius 3 is 2.21 bits per heavy atom. The van der Waals surface area contributed by atoms with E-state index in [1.165, 1.54) is 17.9 Å². The van der Waals surface area contributed by atoms with Crippen LogP contribution in [0.1, 0.15) is 37.7 Å². The molecule has 0 unspecified atom stereocenters. The van der Waals surface area contributed by atoms with Gasteiger partial charge in [-0.1, -0.05) is 50.2 Å². The lowest BCUT2D eigenvalue weighted by molar-refractivity contribution is -0.146. The molecule has 1 saturated heterocycles. The van der Waals surface area contributed by atoms with E-state index in [1.54, 1.807) is 19.2 Å².